The molecule has 21 heavy (non-hydrogen) atoms. The minimum Gasteiger partial charge on any atom is -0.381 e. The summed E-state index contributed by atoms with van der Waals surface area (Å²) in [5.41, 5.74) is 7.69. The summed E-state index contributed by atoms with van der Waals surface area (Å²) in [6, 6.07) is 7.58. The van der Waals surface area contributed by atoms with Crippen LogP contribution in [0.25, 0.3) is 0 Å². The molecule has 5 heteroatoms. The Morgan fingerprint density at radius 3 is 2.86 bits per heavy atom. The Morgan fingerprint density at radius 2 is 2.14 bits per heavy atom. The van der Waals surface area contributed by atoms with E-state index in [4.69, 9.17) is 15.2 Å². The normalized spacial score (nSPS) is 17.4. The van der Waals surface area contributed by atoms with Crippen molar-refractivity contribution in [3.05, 3.63) is 35.4 Å². The van der Waals surface area contributed by atoms with Crippen molar-refractivity contribution in [1.82, 2.24) is 5.32 Å². The third kappa shape index (κ3) is 5.46. The van der Waals surface area contributed by atoms with Crippen LogP contribution < -0.4 is 11.1 Å². The van der Waals surface area contributed by atoms with Gasteiger partial charge in [-0.1, -0.05) is 24.3 Å². The second-order valence-electron chi connectivity index (χ2n) is 5.45. The quantitative estimate of drug-likeness (QED) is 0.830. The molecule has 116 valence electrons. The van der Waals surface area contributed by atoms with Crippen LogP contribution in [-0.4, -0.2) is 31.3 Å². The van der Waals surface area contributed by atoms with Crippen molar-refractivity contribution < 1.29 is 14.3 Å². The van der Waals surface area contributed by atoms with Crippen molar-refractivity contribution in [2.75, 3.05) is 13.2 Å². The number of rotatable bonds is 6. The molecule has 1 aliphatic heterocycles. The smallest absolute Gasteiger partial charge is 0.236 e. The Bertz CT molecular complexity index is 457. The summed E-state index contributed by atoms with van der Waals surface area (Å²) >= 11 is 0. The predicted octanol–water partition coefficient (Wildman–Crippen LogP) is 1.35. The lowest BCUT2D eigenvalue weighted by molar-refractivity contribution is -0.122. The zero-order chi connectivity index (χ0) is 15.1. The van der Waals surface area contributed by atoms with Crippen LogP contribution in [0.3, 0.4) is 0 Å². The molecule has 2 rings (SSSR count). The van der Waals surface area contributed by atoms with Gasteiger partial charge in [0.15, 0.2) is 0 Å². The van der Waals surface area contributed by atoms with E-state index in [0.29, 0.717) is 19.3 Å². The Kier molecular flexibility index (Phi) is 6.17. The molecule has 1 aromatic carbocycles. The number of benzene rings is 1. The van der Waals surface area contributed by atoms with Gasteiger partial charge in [0.25, 0.3) is 0 Å². The molecule has 0 aromatic heterocycles. The number of amides is 1. The Morgan fingerprint density at radius 1 is 1.43 bits per heavy atom. The minimum atomic E-state index is -0.481. The van der Waals surface area contributed by atoms with Gasteiger partial charge in [0.2, 0.25) is 5.91 Å². The van der Waals surface area contributed by atoms with Crippen LogP contribution >= 0.6 is 0 Å². The van der Waals surface area contributed by atoms with E-state index in [0.717, 1.165) is 37.2 Å². The highest BCUT2D eigenvalue weighted by atomic mass is 16.5. The van der Waals surface area contributed by atoms with Gasteiger partial charge in [0.05, 0.1) is 18.8 Å². The summed E-state index contributed by atoms with van der Waals surface area (Å²) in [6.07, 6.45) is 2.22. The highest BCUT2D eigenvalue weighted by Crippen LogP contribution is 2.14. The van der Waals surface area contributed by atoms with Crippen LogP contribution in [-0.2, 0) is 27.4 Å². The Hall–Kier alpha value is -1.43. The molecule has 3 N–H and O–H groups in total. The van der Waals surface area contributed by atoms with Gasteiger partial charge in [0.1, 0.15) is 0 Å². The molecule has 5 nitrogen and oxygen atoms in total. The van der Waals surface area contributed by atoms with Crippen molar-refractivity contribution in [2.45, 2.75) is 45.1 Å². The molecule has 1 saturated heterocycles. The average Bonchev–Trinajstić information content (AvgIpc) is 2.52. The molecule has 1 fully saturated rings. The first-order chi connectivity index (χ1) is 10.1. The maximum Gasteiger partial charge on any atom is 0.236 e. The topological polar surface area (TPSA) is 73.6 Å². The fourth-order valence-corrected chi connectivity index (χ4v) is 2.24. The van der Waals surface area contributed by atoms with Gasteiger partial charge >= 0.3 is 0 Å². The number of nitrogens with one attached hydrogen (secondary N) is 1. The van der Waals surface area contributed by atoms with Crippen LogP contribution in [0, 0.1) is 0 Å². The zero-order valence-corrected chi connectivity index (χ0v) is 12.5. The lowest BCUT2D eigenvalue weighted by Gasteiger charge is -2.22. The summed E-state index contributed by atoms with van der Waals surface area (Å²) < 4.78 is 11.2. The van der Waals surface area contributed by atoms with E-state index in [1.54, 1.807) is 6.92 Å². The van der Waals surface area contributed by atoms with Gasteiger partial charge in [-0.25, -0.2) is 0 Å². The van der Waals surface area contributed by atoms with Crippen molar-refractivity contribution in [2.24, 2.45) is 5.73 Å². The molecular weight excluding hydrogens is 268 g/mol. The molecule has 1 amide bonds. The first kappa shape index (κ1) is 15.9. The van der Waals surface area contributed by atoms with Crippen LogP contribution in [0.15, 0.2) is 24.3 Å². The van der Waals surface area contributed by atoms with Crippen molar-refractivity contribution in [3.8, 4) is 0 Å². The lowest BCUT2D eigenvalue weighted by atomic mass is 10.1. The number of hydrogen-bond donors (Lipinski definition) is 2. The predicted molar refractivity (Wildman–Crippen MR) is 80.6 cm³/mol. The lowest BCUT2D eigenvalue weighted by Crippen LogP contribution is -2.37. The van der Waals surface area contributed by atoms with Gasteiger partial charge in [-0.15, -0.1) is 0 Å². The number of hydrogen-bond acceptors (Lipinski definition) is 4. The molecule has 0 radical (unpaired) electrons. The monoisotopic (exact) mass is 292 g/mol. The molecule has 1 heterocycles. The second-order valence-corrected chi connectivity index (χ2v) is 5.45. The number of ether oxygens (including phenoxy) is 2. The number of carbonyl (C=O) groups is 1. The van der Waals surface area contributed by atoms with Crippen molar-refractivity contribution >= 4 is 5.91 Å². The third-order valence-electron chi connectivity index (χ3n) is 3.53. The van der Waals surface area contributed by atoms with E-state index < -0.39 is 6.04 Å². The Labute approximate surface area is 125 Å². The van der Waals surface area contributed by atoms with Crippen LogP contribution in [0.1, 0.15) is 30.9 Å². The third-order valence-corrected chi connectivity index (χ3v) is 3.53. The SMILES string of the molecule is C[C@@H](N)C(=O)NCc1cccc(COC2CCOCC2)c1. The van der Waals surface area contributed by atoms with Gasteiger partial charge in [-0.3, -0.25) is 4.79 Å². The highest BCUT2D eigenvalue weighted by molar-refractivity contribution is 5.80. The first-order valence-electron chi connectivity index (χ1n) is 7.45. The fourth-order valence-electron chi connectivity index (χ4n) is 2.24. The maximum atomic E-state index is 11.5. The first-order valence-corrected chi connectivity index (χ1v) is 7.45. The standard InChI is InChI=1S/C16H24N2O3/c1-12(17)16(19)18-10-13-3-2-4-14(9-13)11-21-15-5-7-20-8-6-15/h2-4,9,12,15H,5-8,10-11,17H2,1H3,(H,18,19)/t12-/m1/s1. The maximum absolute atomic E-state index is 11.5. The van der Waals surface area contributed by atoms with E-state index in [1.807, 2.05) is 18.2 Å². The van der Waals surface area contributed by atoms with Gasteiger partial charge in [0, 0.05) is 19.8 Å². The highest BCUT2D eigenvalue weighted by Gasteiger charge is 2.14. The molecule has 0 spiro atoms. The molecule has 0 saturated carbocycles. The largest absolute Gasteiger partial charge is 0.381 e. The number of carbonyl (C=O) groups excluding carboxylic acids is 1. The van der Waals surface area contributed by atoms with Crippen LogP contribution in [0.5, 0.6) is 0 Å². The average molecular weight is 292 g/mol. The van der Waals surface area contributed by atoms with E-state index in [2.05, 4.69) is 11.4 Å². The summed E-state index contributed by atoms with van der Waals surface area (Å²) in [7, 11) is 0. The molecule has 1 aromatic rings. The molecule has 1 atom stereocenters. The summed E-state index contributed by atoms with van der Waals surface area (Å²) in [6.45, 7) is 4.33. The van der Waals surface area contributed by atoms with Crippen LogP contribution in [0.2, 0.25) is 0 Å². The van der Waals surface area contributed by atoms with E-state index in [-0.39, 0.29) is 5.91 Å². The summed E-state index contributed by atoms with van der Waals surface area (Å²) in [4.78, 5) is 11.5. The van der Waals surface area contributed by atoms with Crippen LogP contribution in [0.4, 0.5) is 0 Å². The van der Waals surface area contributed by atoms with E-state index in [9.17, 15) is 4.79 Å². The minimum absolute atomic E-state index is 0.140. The molecule has 0 bridgehead atoms. The van der Waals surface area contributed by atoms with Gasteiger partial charge < -0.3 is 20.5 Å². The molecule has 0 unspecified atom stereocenters. The molecule has 0 aliphatic carbocycles. The molecule has 1 aliphatic rings. The van der Waals surface area contributed by atoms with Gasteiger partial charge in [-0.2, -0.15) is 0 Å². The summed E-state index contributed by atoms with van der Waals surface area (Å²) in [5, 5.41) is 2.81. The zero-order valence-electron chi connectivity index (χ0n) is 12.5. The molecular formula is C16H24N2O3. The summed E-state index contributed by atoms with van der Waals surface area (Å²) in [5.74, 6) is -0.140. The van der Waals surface area contributed by atoms with Gasteiger partial charge in [-0.05, 0) is 30.9 Å². The number of nitrogens with two attached hydrogens (primary N) is 1. The second kappa shape index (κ2) is 8.12. The Balaban J connectivity index is 1.81. The van der Waals surface area contributed by atoms with Crippen molar-refractivity contribution in [1.29, 1.82) is 0 Å². The fraction of sp³-hybridized carbons (Fsp3) is 0.562. The van der Waals surface area contributed by atoms with E-state index in [1.165, 1.54) is 0 Å². The van der Waals surface area contributed by atoms with Crippen molar-refractivity contribution in [3.63, 3.8) is 0 Å². The van der Waals surface area contributed by atoms with E-state index >= 15 is 0 Å².